The number of ether oxygens (including phenoxy) is 1. The van der Waals surface area contributed by atoms with Gasteiger partial charge in [0.25, 0.3) is 5.22 Å². The average molecular weight is 398 g/mol. The van der Waals surface area contributed by atoms with Crippen LogP contribution in [-0.4, -0.2) is 52.6 Å². The van der Waals surface area contributed by atoms with Gasteiger partial charge >= 0.3 is 0 Å². The fraction of sp³-hybridized carbons (Fsp3) is 0.400. The Morgan fingerprint density at radius 2 is 2.04 bits per heavy atom. The normalized spacial score (nSPS) is 16.3. The van der Waals surface area contributed by atoms with Crippen LogP contribution >= 0.6 is 27.7 Å². The topological polar surface area (TPSA) is 68.5 Å². The average Bonchev–Trinajstić information content (AvgIpc) is 3.03. The van der Waals surface area contributed by atoms with Crippen LogP contribution in [0.2, 0.25) is 0 Å². The Hall–Kier alpha value is -1.38. The van der Waals surface area contributed by atoms with Crippen LogP contribution in [0.4, 0.5) is 0 Å². The molecule has 1 aromatic heterocycles. The van der Waals surface area contributed by atoms with Crippen molar-refractivity contribution in [2.75, 3.05) is 26.3 Å². The van der Waals surface area contributed by atoms with Gasteiger partial charge in [0, 0.05) is 17.6 Å². The molecule has 0 bridgehead atoms. The number of carbonyl (C=O) groups is 1. The van der Waals surface area contributed by atoms with Crippen LogP contribution in [0.5, 0.6) is 0 Å². The summed E-state index contributed by atoms with van der Waals surface area (Å²) in [4.78, 5) is 14.2. The van der Waals surface area contributed by atoms with Gasteiger partial charge in [-0.15, -0.1) is 10.2 Å². The zero-order chi connectivity index (χ0) is 16.2. The molecule has 3 rings (SSSR count). The maximum atomic E-state index is 12.4. The number of nitrogens with zero attached hydrogens (tertiary/aromatic N) is 3. The molecule has 1 amide bonds. The van der Waals surface area contributed by atoms with E-state index < -0.39 is 0 Å². The van der Waals surface area contributed by atoms with E-state index in [2.05, 4.69) is 26.1 Å². The molecule has 6 nitrogen and oxygen atoms in total. The van der Waals surface area contributed by atoms with Crippen LogP contribution in [0.3, 0.4) is 0 Å². The van der Waals surface area contributed by atoms with Gasteiger partial charge in [0.2, 0.25) is 11.8 Å². The third-order valence-electron chi connectivity index (χ3n) is 3.46. The number of hydrogen-bond donors (Lipinski definition) is 0. The Morgan fingerprint density at radius 1 is 1.30 bits per heavy atom. The first kappa shape index (κ1) is 16.5. The molecule has 0 spiro atoms. The molecule has 1 aromatic carbocycles. The van der Waals surface area contributed by atoms with E-state index in [1.54, 1.807) is 0 Å². The second kappa shape index (κ2) is 7.46. The number of aromatic nitrogens is 2. The summed E-state index contributed by atoms with van der Waals surface area (Å²) in [5.74, 6) is 0.505. The van der Waals surface area contributed by atoms with Crippen LogP contribution in [0, 0.1) is 0 Å². The van der Waals surface area contributed by atoms with Gasteiger partial charge in [0.15, 0.2) is 0 Å². The molecule has 8 heteroatoms. The van der Waals surface area contributed by atoms with Crippen molar-refractivity contribution in [1.29, 1.82) is 0 Å². The first-order chi connectivity index (χ1) is 11.1. The quantitative estimate of drug-likeness (QED) is 0.738. The lowest BCUT2D eigenvalue weighted by Crippen LogP contribution is -2.44. The van der Waals surface area contributed by atoms with Crippen molar-refractivity contribution in [2.24, 2.45) is 0 Å². The summed E-state index contributed by atoms with van der Waals surface area (Å²) in [5.41, 5.74) is 0.832. The largest absolute Gasteiger partial charge is 0.411 e. The maximum absolute atomic E-state index is 12.4. The van der Waals surface area contributed by atoms with Crippen molar-refractivity contribution in [3.63, 3.8) is 0 Å². The van der Waals surface area contributed by atoms with Gasteiger partial charge in [-0.25, -0.2) is 0 Å². The molecule has 1 fully saturated rings. The lowest BCUT2D eigenvalue weighted by molar-refractivity contribution is -0.134. The summed E-state index contributed by atoms with van der Waals surface area (Å²) in [6.45, 7) is 4.31. The highest BCUT2D eigenvalue weighted by Crippen LogP contribution is 2.30. The number of morpholine rings is 1. The Balaban J connectivity index is 1.66. The summed E-state index contributed by atoms with van der Waals surface area (Å²) in [6, 6.07) is 7.63. The second-order valence-corrected chi connectivity index (χ2v) is 7.20. The van der Waals surface area contributed by atoms with Crippen molar-refractivity contribution in [3.8, 4) is 11.5 Å². The SMILES string of the molecule is C[C@H](Sc1nnc(-c2ccccc2Br)o1)C(=O)N1CCOCC1. The molecule has 122 valence electrons. The predicted octanol–water partition coefficient (Wildman–Crippen LogP) is 2.84. The van der Waals surface area contributed by atoms with Gasteiger partial charge in [-0.2, -0.15) is 0 Å². The Labute approximate surface area is 146 Å². The smallest absolute Gasteiger partial charge is 0.277 e. The molecular formula is C15H16BrN3O3S. The second-order valence-electron chi connectivity index (χ2n) is 5.05. The first-order valence-corrected chi connectivity index (χ1v) is 8.94. The molecule has 0 unspecified atom stereocenters. The molecule has 1 saturated heterocycles. The van der Waals surface area contributed by atoms with E-state index >= 15 is 0 Å². The maximum Gasteiger partial charge on any atom is 0.277 e. The summed E-state index contributed by atoms with van der Waals surface area (Å²) in [5, 5.41) is 8.21. The van der Waals surface area contributed by atoms with Crippen molar-refractivity contribution in [2.45, 2.75) is 17.4 Å². The molecule has 1 aliphatic rings. The number of carbonyl (C=O) groups excluding carboxylic acids is 1. The van der Waals surface area contributed by atoms with Crippen LogP contribution in [-0.2, 0) is 9.53 Å². The first-order valence-electron chi connectivity index (χ1n) is 7.27. The Kier molecular flexibility index (Phi) is 5.34. The summed E-state index contributed by atoms with van der Waals surface area (Å²) >= 11 is 4.74. The zero-order valence-corrected chi connectivity index (χ0v) is 15.0. The minimum atomic E-state index is -0.277. The van der Waals surface area contributed by atoms with Crippen LogP contribution < -0.4 is 0 Å². The highest BCUT2D eigenvalue weighted by molar-refractivity contribution is 9.10. The van der Waals surface area contributed by atoms with E-state index in [0.717, 1.165) is 10.0 Å². The third-order valence-corrected chi connectivity index (χ3v) is 5.07. The standard InChI is InChI=1S/C15H16BrN3O3S/c1-10(14(20)19-6-8-21-9-7-19)23-15-18-17-13(22-15)11-4-2-3-5-12(11)16/h2-5,10H,6-9H2,1H3/t10-/m0/s1. The molecule has 0 N–H and O–H groups in total. The van der Waals surface area contributed by atoms with E-state index in [1.165, 1.54) is 11.8 Å². The van der Waals surface area contributed by atoms with Gasteiger partial charge in [-0.05, 0) is 35.0 Å². The monoisotopic (exact) mass is 397 g/mol. The molecular weight excluding hydrogens is 382 g/mol. The van der Waals surface area contributed by atoms with Crippen LogP contribution in [0.1, 0.15) is 6.92 Å². The molecule has 0 radical (unpaired) electrons. The van der Waals surface area contributed by atoms with Crippen molar-refractivity contribution in [3.05, 3.63) is 28.7 Å². The Morgan fingerprint density at radius 3 is 2.78 bits per heavy atom. The van der Waals surface area contributed by atoms with E-state index in [1.807, 2.05) is 36.1 Å². The fourth-order valence-corrected chi connectivity index (χ4v) is 3.47. The predicted molar refractivity (Wildman–Crippen MR) is 90.2 cm³/mol. The van der Waals surface area contributed by atoms with Gasteiger partial charge < -0.3 is 14.1 Å². The number of thioether (sulfide) groups is 1. The zero-order valence-electron chi connectivity index (χ0n) is 12.6. The van der Waals surface area contributed by atoms with Gasteiger partial charge in [0.1, 0.15) is 0 Å². The molecule has 2 aromatic rings. The van der Waals surface area contributed by atoms with Gasteiger partial charge in [0.05, 0.1) is 24.0 Å². The molecule has 0 saturated carbocycles. The summed E-state index contributed by atoms with van der Waals surface area (Å²) < 4.78 is 11.8. The minimum Gasteiger partial charge on any atom is -0.411 e. The van der Waals surface area contributed by atoms with Gasteiger partial charge in [-0.1, -0.05) is 23.9 Å². The molecule has 1 atom stereocenters. The molecule has 1 aliphatic heterocycles. The third kappa shape index (κ3) is 3.94. The molecule has 0 aliphatic carbocycles. The highest BCUT2D eigenvalue weighted by atomic mass is 79.9. The van der Waals surface area contributed by atoms with E-state index in [4.69, 9.17) is 9.15 Å². The summed E-state index contributed by atoms with van der Waals surface area (Å²) in [6.07, 6.45) is 0. The number of halogens is 1. The number of benzene rings is 1. The summed E-state index contributed by atoms with van der Waals surface area (Å²) in [7, 11) is 0. The minimum absolute atomic E-state index is 0.0685. The number of hydrogen-bond acceptors (Lipinski definition) is 6. The van der Waals surface area contributed by atoms with Crippen molar-refractivity contribution < 1.29 is 13.9 Å². The van der Waals surface area contributed by atoms with Crippen LogP contribution in [0.25, 0.3) is 11.5 Å². The fourth-order valence-electron chi connectivity index (χ4n) is 2.24. The Bertz CT molecular complexity index is 688. The highest BCUT2D eigenvalue weighted by Gasteiger charge is 2.25. The molecule has 23 heavy (non-hydrogen) atoms. The molecule has 2 heterocycles. The van der Waals surface area contributed by atoms with E-state index in [9.17, 15) is 4.79 Å². The van der Waals surface area contributed by atoms with E-state index in [0.29, 0.717) is 37.4 Å². The van der Waals surface area contributed by atoms with E-state index in [-0.39, 0.29) is 11.2 Å². The van der Waals surface area contributed by atoms with Crippen LogP contribution in [0.15, 0.2) is 38.4 Å². The lowest BCUT2D eigenvalue weighted by atomic mass is 10.2. The lowest BCUT2D eigenvalue weighted by Gasteiger charge is -2.28. The number of amides is 1. The van der Waals surface area contributed by atoms with Crippen molar-refractivity contribution in [1.82, 2.24) is 15.1 Å². The number of rotatable bonds is 4. The van der Waals surface area contributed by atoms with Gasteiger partial charge in [-0.3, -0.25) is 4.79 Å². The van der Waals surface area contributed by atoms with Crippen molar-refractivity contribution >= 4 is 33.6 Å².